The number of anilines is 1. The molecule has 124 valence electrons. The average molecular weight is 406 g/mol. The Morgan fingerprint density at radius 2 is 2.21 bits per heavy atom. The van der Waals surface area contributed by atoms with Gasteiger partial charge >= 0.3 is 0 Å². The van der Waals surface area contributed by atoms with Crippen molar-refractivity contribution in [3.05, 3.63) is 40.5 Å². The molecule has 0 amide bonds. The maximum atomic E-state index is 5.58. The van der Waals surface area contributed by atoms with Crippen molar-refractivity contribution < 1.29 is 4.52 Å². The van der Waals surface area contributed by atoms with E-state index < -0.39 is 0 Å². The molecule has 1 aliphatic rings. The Morgan fingerprint density at radius 1 is 1.33 bits per heavy atom. The van der Waals surface area contributed by atoms with Gasteiger partial charge in [-0.25, -0.2) is 4.98 Å². The third-order valence-corrected chi connectivity index (χ3v) is 5.60. The van der Waals surface area contributed by atoms with Crippen LogP contribution in [0.15, 0.2) is 33.3 Å². The van der Waals surface area contributed by atoms with Crippen LogP contribution in [0.3, 0.4) is 0 Å². The highest BCUT2D eigenvalue weighted by atomic mass is 79.9. The number of aryl methyl sites for hydroxylation is 1. The third-order valence-electron chi connectivity index (χ3n) is 4.11. The summed E-state index contributed by atoms with van der Waals surface area (Å²) in [6.07, 6.45) is 2.92. The van der Waals surface area contributed by atoms with Crippen molar-refractivity contribution in [1.29, 1.82) is 0 Å². The number of nitrogens with zero attached hydrogens (tertiary/aromatic N) is 5. The molecule has 1 saturated heterocycles. The molecule has 1 aromatic carbocycles. The van der Waals surface area contributed by atoms with Crippen LogP contribution < -0.4 is 4.90 Å². The molecule has 6 nitrogen and oxygen atoms in total. The van der Waals surface area contributed by atoms with Crippen LogP contribution in [0, 0.1) is 0 Å². The Morgan fingerprint density at radius 3 is 3.00 bits per heavy atom. The first-order chi connectivity index (χ1) is 11.8. The SMILES string of the molecule is CCc1nsc(N2CCCC2c2nc(-c3ccccc3Br)no2)n1. The summed E-state index contributed by atoms with van der Waals surface area (Å²) in [5.41, 5.74) is 0.932. The van der Waals surface area contributed by atoms with Gasteiger partial charge < -0.3 is 9.42 Å². The van der Waals surface area contributed by atoms with Gasteiger partial charge in [-0.15, -0.1) is 0 Å². The fraction of sp³-hybridized carbons (Fsp3) is 0.375. The second-order valence-electron chi connectivity index (χ2n) is 5.63. The molecule has 0 aliphatic carbocycles. The van der Waals surface area contributed by atoms with Crippen molar-refractivity contribution in [2.24, 2.45) is 0 Å². The van der Waals surface area contributed by atoms with E-state index in [1.807, 2.05) is 24.3 Å². The van der Waals surface area contributed by atoms with Crippen molar-refractivity contribution in [1.82, 2.24) is 19.5 Å². The predicted octanol–water partition coefficient (Wildman–Crippen LogP) is 4.25. The van der Waals surface area contributed by atoms with Gasteiger partial charge in [0.15, 0.2) is 0 Å². The highest BCUT2D eigenvalue weighted by Crippen LogP contribution is 2.37. The first-order valence-corrected chi connectivity index (χ1v) is 9.50. The van der Waals surface area contributed by atoms with Crippen molar-refractivity contribution in [2.45, 2.75) is 32.2 Å². The number of hydrogen-bond acceptors (Lipinski definition) is 7. The van der Waals surface area contributed by atoms with E-state index in [1.54, 1.807) is 0 Å². The molecule has 0 radical (unpaired) electrons. The van der Waals surface area contributed by atoms with Gasteiger partial charge in [0.25, 0.3) is 0 Å². The van der Waals surface area contributed by atoms with Gasteiger partial charge in [-0.1, -0.05) is 40.1 Å². The molecule has 0 bridgehead atoms. The van der Waals surface area contributed by atoms with Crippen molar-refractivity contribution in [2.75, 3.05) is 11.4 Å². The van der Waals surface area contributed by atoms with Gasteiger partial charge in [0.05, 0.1) is 0 Å². The molecule has 1 aliphatic heterocycles. The molecular weight excluding hydrogens is 390 g/mol. The van der Waals surface area contributed by atoms with Crippen molar-refractivity contribution in [3.8, 4) is 11.4 Å². The molecule has 0 spiro atoms. The van der Waals surface area contributed by atoms with E-state index in [4.69, 9.17) is 4.52 Å². The number of halogens is 1. The zero-order chi connectivity index (χ0) is 16.5. The van der Waals surface area contributed by atoms with Crippen LogP contribution in [0.1, 0.15) is 37.5 Å². The molecule has 0 N–H and O–H groups in total. The minimum Gasteiger partial charge on any atom is -0.337 e. The molecule has 3 heterocycles. The number of benzene rings is 1. The number of aromatic nitrogens is 4. The van der Waals surface area contributed by atoms with Crippen LogP contribution >= 0.6 is 27.5 Å². The van der Waals surface area contributed by atoms with E-state index in [0.29, 0.717) is 11.7 Å². The molecule has 1 atom stereocenters. The molecule has 4 rings (SSSR count). The highest BCUT2D eigenvalue weighted by Gasteiger charge is 2.33. The van der Waals surface area contributed by atoms with Gasteiger partial charge in [0, 0.05) is 34.5 Å². The van der Waals surface area contributed by atoms with Crippen molar-refractivity contribution in [3.63, 3.8) is 0 Å². The maximum absolute atomic E-state index is 5.58. The Bertz CT molecular complexity index is 848. The van der Waals surface area contributed by atoms with Gasteiger partial charge in [-0.3, -0.25) is 0 Å². The summed E-state index contributed by atoms with van der Waals surface area (Å²) >= 11 is 4.98. The molecule has 3 aromatic rings. The lowest BCUT2D eigenvalue weighted by molar-refractivity contribution is 0.355. The summed E-state index contributed by atoms with van der Waals surface area (Å²) in [7, 11) is 0. The third kappa shape index (κ3) is 2.84. The van der Waals surface area contributed by atoms with E-state index in [-0.39, 0.29) is 6.04 Å². The summed E-state index contributed by atoms with van der Waals surface area (Å²) in [4.78, 5) is 11.5. The van der Waals surface area contributed by atoms with E-state index in [1.165, 1.54) is 11.5 Å². The monoisotopic (exact) mass is 405 g/mol. The van der Waals surface area contributed by atoms with Crippen LogP contribution in [-0.2, 0) is 6.42 Å². The second kappa shape index (κ2) is 6.60. The topological polar surface area (TPSA) is 67.9 Å². The standard InChI is InChI=1S/C16H16BrN5OS/c1-2-13-18-16(24-21-13)22-9-5-8-12(22)15-19-14(20-23-15)10-6-3-4-7-11(10)17/h3-4,6-7,12H,2,5,8-9H2,1H3. The molecular formula is C16H16BrN5OS. The summed E-state index contributed by atoms with van der Waals surface area (Å²) in [6, 6.07) is 7.95. The average Bonchev–Trinajstić information content (AvgIpc) is 3.33. The van der Waals surface area contributed by atoms with Crippen LogP contribution in [0.25, 0.3) is 11.4 Å². The highest BCUT2D eigenvalue weighted by molar-refractivity contribution is 9.10. The lowest BCUT2D eigenvalue weighted by Crippen LogP contribution is -2.22. The fourth-order valence-electron chi connectivity index (χ4n) is 2.88. The molecule has 24 heavy (non-hydrogen) atoms. The zero-order valence-corrected chi connectivity index (χ0v) is 15.5. The summed E-state index contributed by atoms with van der Waals surface area (Å²) < 4.78 is 10.9. The molecule has 8 heteroatoms. The summed E-state index contributed by atoms with van der Waals surface area (Å²) in [5.74, 6) is 2.14. The minimum absolute atomic E-state index is 0.0754. The van der Waals surface area contributed by atoms with Gasteiger partial charge in [0.1, 0.15) is 11.9 Å². The molecule has 0 saturated carbocycles. The first kappa shape index (κ1) is 15.7. The van der Waals surface area contributed by atoms with Gasteiger partial charge in [0.2, 0.25) is 16.8 Å². The zero-order valence-electron chi connectivity index (χ0n) is 13.1. The lowest BCUT2D eigenvalue weighted by Gasteiger charge is -2.19. The Labute approximate surface area is 152 Å². The van der Waals surface area contributed by atoms with E-state index in [2.05, 4.69) is 47.3 Å². The summed E-state index contributed by atoms with van der Waals surface area (Å²) in [6.45, 7) is 3.01. The van der Waals surface area contributed by atoms with E-state index in [0.717, 1.165) is 46.8 Å². The smallest absolute Gasteiger partial charge is 0.249 e. The number of rotatable bonds is 4. The lowest BCUT2D eigenvalue weighted by atomic mass is 10.2. The molecule has 1 unspecified atom stereocenters. The van der Waals surface area contributed by atoms with Crippen LogP contribution in [0.5, 0.6) is 0 Å². The quantitative estimate of drug-likeness (QED) is 0.645. The largest absolute Gasteiger partial charge is 0.337 e. The Balaban J connectivity index is 1.62. The molecule has 2 aromatic heterocycles. The maximum Gasteiger partial charge on any atom is 0.249 e. The van der Waals surface area contributed by atoms with Crippen LogP contribution in [0.4, 0.5) is 5.13 Å². The van der Waals surface area contributed by atoms with Crippen LogP contribution in [0.2, 0.25) is 0 Å². The fourth-order valence-corrected chi connectivity index (χ4v) is 4.17. The Hall–Kier alpha value is -1.80. The normalized spacial score (nSPS) is 17.6. The first-order valence-electron chi connectivity index (χ1n) is 7.94. The summed E-state index contributed by atoms with van der Waals surface area (Å²) in [5, 5.41) is 5.11. The van der Waals surface area contributed by atoms with Gasteiger partial charge in [-0.2, -0.15) is 9.36 Å². The van der Waals surface area contributed by atoms with Crippen LogP contribution in [-0.4, -0.2) is 26.0 Å². The molecule has 1 fully saturated rings. The predicted molar refractivity (Wildman–Crippen MR) is 96.0 cm³/mol. The van der Waals surface area contributed by atoms with E-state index in [9.17, 15) is 0 Å². The minimum atomic E-state index is 0.0754. The van der Waals surface area contributed by atoms with Gasteiger partial charge in [-0.05, 0) is 25.0 Å². The number of hydrogen-bond donors (Lipinski definition) is 0. The van der Waals surface area contributed by atoms with Crippen molar-refractivity contribution >= 4 is 32.6 Å². The Kier molecular flexibility index (Phi) is 4.32. The van der Waals surface area contributed by atoms with E-state index >= 15 is 0 Å². The second-order valence-corrected chi connectivity index (χ2v) is 7.22.